The summed E-state index contributed by atoms with van der Waals surface area (Å²) in [5, 5.41) is 2.68. The van der Waals surface area contributed by atoms with E-state index in [1.807, 2.05) is 34.6 Å². The number of hydrogen-bond donors (Lipinski definition) is 1. The minimum absolute atomic E-state index is 0.447. The first-order chi connectivity index (χ1) is 6.16. The number of rotatable bonds is 2. The van der Waals surface area contributed by atoms with Crippen molar-refractivity contribution < 1.29 is 9.53 Å². The molecule has 0 aliphatic carbocycles. The molecule has 0 aliphatic rings. The van der Waals surface area contributed by atoms with Gasteiger partial charge in [-0.2, -0.15) is 0 Å². The summed E-state index contributed by atoms with van der Waals surface area (Å²) in [4.78, 5) is 11.3. The Morgan fingerprint density at radius 1 is 1.29 bits per heavy atom. The Morgan fingerprint density at radius 2 is 1.79 bits per heavy atom. The van der Waals surface area contributed by atoms with E-state index in [2.05, 4.69) is 5.32 Å². The van der Waals surface area contributed by atoms with Crippen molar-refractivity contribution in [3.8, 4) is 0 Å². The molecule has 0 fully saturated rings. The number of carbonyl (C=O) groups is 1. The van der Waals surface area contributed by atoms with Gasteiger partial charge < -0.3 is 10.1 Å². The highest BCUT2D eigenvalue weighted by atomic mass is 35.5. The van der Waals surface area contributed by atoms with Crippen LogP contribution in [0.25, 0.3) is 0 Å². The number of ether oxygens (including phenoxy) is 1. The van der Waals surface area contributed by atoms with E-state index in [1.54, 1.807) is 6.08 Å². The van der Waals surface area contributed by atoms with Crippen LogP contribution in [0.3, 0.4) is 0 Å². The molecule has 4 heteroatoms. The number of halogens is 1. The van der Waals surface area contributed by atoms with E-state index in [4.69, 9.17) is 16.3 Å². The lowest BCUT2D eigenvalue weighted by atomic mass is 10.1. The van der Waals surface area contributed by atoms with Crippen molar-refractivity contribution in [3.05, 3.63) is 11.6 Å². The largest absolute Gasteiger partial charge is 0.444 e. The predicted octanol–water partition coefficient (Wildman–Crippen LogP) is 3.04. The van der Waals surface area contributed by atoms with Crippen molar-refractivity contribution in [2.75, 3.05) is 0 Å². The van der Waals surface area contributed by atoms with Gasteiger partial charge in [0.05, 0.1) is 5.54 Å². The van der Waals surface area contributed by atoms with Crippen LogP contribution in [0.5, 0.6) is 0 Å². The van der Waals surface area contributed by atoms with Gasteiger partial charge >= 0.3 is 6.09 Å². The Hall–Kier alpha value is -0.700. The van der Waals surface area contributed by atoms with Crippen molar-refractivity contribution in [1.82, 2.24) is 5.32 Å². The van der Waals surface area contributed by atoms with Crippen LogP contribution < -0.4 is 5.32 Å². The minimum Gasteiger partial charge on any atom is -0.444 e. The molecule has 1 amide bonds. The quantitative estimate of drug-likeness (QED) is 0.775. The van der Waals surface area contributed by atoms with E-state index in [9.17, 15) is 4.79 Å². The van der Waals surface area contributed by atoms with Crippen molar-refractivity contribution in [2.45, 2.75) is 45.8 Å². The highest BCUT2D eigenvalue weighted by molar-refractivity contribution is 6.25. The lowest BCUT2D eigenvalue weighted by Gasteiger charge is -2.25. The zero-order chi connectivity index (χ0) is 11.4. The van der Waals surface area contributed by atoms with Crippen molar-refractivity contribution in [1.29, 1.82) is 0 Å². The first kappa shape index (κ1) is 13.3. The summed E-state index contributed by atoms with van der Waals surface area (Å²) in [5.41, 5.74) is 0.395. The van der Waals surface area contributed by atoms with Gasteiger partial charge in [-0.1, -0.05) is 11.6 Å². The second-order valence-electron chi connectivity index (χ2n) is 4.64. The number of hydrogen-bond acceptors (Lipinski definition) is 2. The first-order valence-electron chi connectivity index (χ1n) is 4.45. The zero-order valence-corrected chi connectivity index (χ0v) is 10.1. The van der Waals surface area contributed by atoms with Gasteiger partial charge in [-0.25, -0.2) is 4.79 Å². The Labute approximate surface area is 90.5 Å². The average molecular weight is 220 g/mol. The van der Waals surface area contributed by atoms with Gasteiger partial charge in [0.15, 0.2) is 0 Å². The number of carbonyl (C=O) groups excluding carboxylic acids is 1. The van der Waals surface area contributed by atoms with E-state index >= 15 is 0 Å². The molecule has 14 heavy (non-hydrogen) atoms. The molecular formula is C10H18ClNO2. The summed E-state index contributed by atoms with van der Waals surface area (Å²) in [6.07, 6.45) is 1.23. The second kappa shape index (κ2) is 4.69. The highest BCUT2D eigenvalue weighted by Crippen LogP contribution is 2.10. The van der Waals surface area contributed by atoms with Gasteiger partial charge in [-0.15, -0.1) is 0 Å². The van der Waals surface area contributed by atoms with Crippen LogP contribution in [0.2, 0.25) is 0 Å². The van der Waals surface area contributed by atoms with Crippen LogP contribution in [0, 0.1) is 0 Å². The summed E-state index contributed by atoms with van der Waals surface area (Å²) in [5.74, 6) is 0. The van der Waals surface area contributed by atoms with Gasteiger partial charge in [0.2, 0.25) is 0 Å². The molecule has 1 N–H and O–H groups in total. The van der Waals surface area contributed by atoms with E-state index in [0.717, 1.165) is 0 Å². The smallest absolute Gasteiger partial charge is 0.408 e. The molecule has 0 rings (SSSR count). The molecule has 0 unspecified atom stereocenters. The fraction of sp³-hybridized carbons (Fsp3) is 0.700. The molecule has 0 aliphatic heterocycles. The fourth-order valence-corrected chi connectivity index (χ4v) is 1.08. The summed E-state index contributed by atoms with van der Waals surface area (Å²) >= 11 is 5.43. The van der Waals surface area contributed by atoms with Crippen molar-refractivity contribution in [2.24, 2.45) is 0 Å². The Kier molecular flexibility index (Phi) is 4.46. The van der Waals surface area contributed by atoms with Crippen LogP contribution in [0.4, 0.5) is 4.79 Å². The monoisotopic (exact) mass is 219 g/mol. The van der Waals surface area contributed by atoms with Crippen LogP contribution >= 0.6 is 11.6 Å². The maximum Gasteiger partial charge on any atom is 0.408 e. The molecule has 0 spiro atoms. The van der Waals surface area contributed by atoms with Gasteiger partial charge in [-0.3, -0.25) is 0 Å². The zero-order valence-electron chi connectivity index (χ0n) is 9.35. The second-order valence-corrected chi connectivity index (χ2v) is 4.89. The van der Waals surface area contributed by atoms with Crippen LogP contribution in [0.15, 0.2) is 11.6 Å². The predicted molar refractivity (Wildman–Crippen MR) is 58.4 cm³/mol. The van der Waals surface area contributed by atoms with Gasteiger partial charge in [-0.05, 0) is 40.7 Å². The Morgan fingerprint density at radius 3 is 2.14 bits per heavy atom. The van der Waals surface area contributed by atoms with Crippen molar-refractivity contribution in [3.63, 3.8) is 0 Å². The third kappa shape index (κ3) is 6.78. The molecule has 0 saturated heterocycles. The summed E-state index contributed by atoms with van der Waals surface area (Å²) in [7, 11) is 0. The summed E-state index contributed by atoms with van der Waals surface area (Å²) in [6.45, 7) is 9.11. The topological polar surface area (TPSA) is 38.3 Å². The molecular weight excluding hydrogens is 202 g/mol. The molecule has 0 aromatic carbocycles. The number of alkyl carbamates (subject to hydrolysis) is 1. The van der Waals surface area contributed by atoms with E-state index in [1.165, 1.54) is 5.54 Å². The van der Waals surface area contributed by atoms with Crippen LogP contribution in [-0.4, -0.2) is 17.2 Å². The molecule has 0 aromatic rings. The van der Waals surface area contributed by atoms with Crippen LogP contribution in [0.1, 0.15) is 34.6 Å². The van der Waals surface area contributed by atoms with Gasteiger partial charge in [0, 0.05) is 5.54 Å². The summed E-state index contributed by atoms with van der Waals surface area (Å²) in [6, 6.07) is 0. The molecule has 0 bridgehead atoms. The normalized spacial score (nSPS) is 13.0. The van der Waals surface area contributed by atoms with E-state index in [0.29, 0.717) is 0 Å². The van der Waals surface area contributed by atoms with E-state index in [-0.39, 0.29) is 0 Å². The molecule has 0 aromatic heterocycles. The Balaban J connectivity index is 4.20. The average Bonchev–Trinajstić information content (AvgIpc) is 1.78. The summed E-state index contributed by atoms with van der Waals surface area (Å²) < 4.78 is 5.09. The maximum absolute atomic E-state index is 11.3. The fourth-order valence-electron chi connectivity index (χ4n) is 0.766. The lowest BCUT2D eigenvalue weighted by Crippen LogP contribution is -2.44. The third-order valence-corrected chi connectivity index (χ3v) is 1.43. The van der Waals surface area contributed by atoms with Crippen molar-refractivity contribution >= 4 is 17.7 Å². The third-order valence-electron chi connectivity index (χ3n) is 1.30. The number of amides is 1. The first-order valence-corrected chi connectivity index (χ1v) is 4.89. The SMILES string of the molecule is CC(C)(/C=C/Cl)NC(=O)OC(C)(C)C. The molecule has 0 atom stereocenters. The van der Waals surface area contributed by atoms with E-state index < -0.39 is 17.2 Å². The molecule has 0 radical (unpaired) electrons. The highest BCUT2D eigenvalue weighted by Gasteiger charge is 2.21. The minimum atomic E-state index is -0.496. The Bertz CT molecular complexity index is 229. The molecule has 0 heterocycles. The molecule has 0 saturated carbocycles. The van der Waals surface area contributed by atoms with Crippen LogP contribution in [-0.2, 0) is 4.74 Å². The van der Waals surface area contributed by atoms with Gasteiger partial charge in [0.1, 0.15) is 5.60 Å². The lowest BCUT2D eigenvalue weighted by molar-refractivity contribution is 0.0491. The van der Waals surface area contributed by atoms with Gasteiger partial charge in [0.25, 0.3) is 0 Å². The molecule has 3 nitrogen and oxygen atoms in total. The standard InChI is InChI=1S/C10H18ClNO2/c1-9(2,3)14-8(13)12-10(4,5)6-7-11/h6-7H,1-5H3,(H,12,13)/b7-6+. The molecule has 82 valence electrons. The maximum atomic E-state index is 11.3. The number of nitrogens with one attached hydrogen (secondary N) is 1.